The molecule has 5 aromatic carbocycles. The van der Waals surface area contributed by atoms with Crippen molar-refractivity contribution in [3.63, 3.8) is 0 Å². The van der Waals surface area contributed by atoms with Gasteiger partial charge in [0.25, 0.3) is 23.6 Å². The summed E-state index contributed by atoms with van der Waals surface area (Å²) >= 11 is 1.05. The summed E-state index contributed by atoms with van der Waals surface area (Å²) in [5.74, 6) is 11.1. The third-order valence-electron chi connectivity index (χ3n) is 9.85. The average molecular weight is 739 g/mol. The first-order valence-corrected chi connectivity index (χ1v) is 18.5. The van der Waals surface area contributed by atoms with Crippen LogP contribution in [-0.2, 0) is 10.8 Å². The Morgan fingerprint density at radius 3 is 1.18 bits per heavy atom. The first-order chi connectivity index (χ1) is 26.2. The highest BCUT2D eigenvalue weighted by Crippen LogP contribution is 2.33. The maximum atomic E-state index is 13.4. The summed E-state index contributed by atoms with van der Waals surface area (Å²) in [4.78, 5) is 55.8. The summed E-state index contributed by atoms with van der Waals surface area (Å²) in [6.07, 6.45) is 0. The summed E-state index contributed by atoms with van der Waals surface area (Å²) in [7, 11) is 0. The number of fused-ring (bicyclic) bond motifs is 3. The van der Waals surface area contributed by atoms with E-state index in [-0.39, 0.29) is 34.5 Å². The number of hydrogen-bond donors (Lipinski definition) is 0. The molecule has 0 aliphatic carbocycles. The summed E-state index contributed by atoms with van der Waals surface area (Å²) in [6, 6.07) is 28.7. The minimum Gasteiger partial charge on any atom is -0.268 e. The molecule has 6 aromatic rings. The van der Waals surface area contributed by atoms with Gasteiger partial charge in [-0.25, -0.2) is 9.80 Å². The lowest BCUT2D eigenvalue weighted by Gasteiger charge is -2.20. The minimum absolute atomic E-state index is 0.0547. The van der Waals surface area contributed by atoms with Crippen LogP contribution in [0.5, 0.6) is 0 Å². The molecule has 0 saturated heterocycles. The molecule has 0 bridgehead atoms. The average Bonchev–Trinajstić information content (AvgIpc) is 3.82. The Kier molecular flexibility index (Phi) is 8.37. The normalized spacial score (nSPS) is 13.8. The van der Waals surface area contributed by atoms with E-state index in [0.29, 0.717) is 66.9 Å². The lowest BCUT2D eigenvalue weighted by Crippen LogP contribution is -2.29. The fourth-order valence-electron chi connectivity index (χ4n) is 6.67. The number of hydrogen-bond acceptors (Lipinski definition) is 7. The van der Waals surface area contributed by atoms with Gasteiger partial charge >= 0.3 is 0 Å². The molecule has 8 nitrogen and oxygen atoms in total. The lowest BCUT2D eigenvalue weighted by atomic mass is 9.87. The summed E-state index contributed by atoms with van der Waals surface area (Å²) in [5, 5.41) is 0. The molecule has 9 heteroatoms. The van der Waals surface area contributed by atoms with E-state index < -0.39 is 0 Å². The van der Waals surface area contributed by atoms with Gasteiger partial charge in [0.2, 0.25) is 0 Å². The first-order valence-electron chi connectivity index (χ1n) is 17.7. The highest BCUT2D eigenvalue weighted by Gasteiger charge is 2.38. The monoisotopic (exact) mass is 738 g/mol. The molecule has 2 aliphatic heterocycles. The molecule has 0 radical (unpaired) electrons. The highest BCUT2D eigenvalue weighted by atomic mass is 32.1. The Labute approximate surface area is 323 Å². The van der Waals surface area contributed by atoms with Crippen molar-refractivity contribution in [1.82, 2.24) is 8.75 Å². The van der Waals surface area contributed by atoms with Crippen molar-refractivity contribution in [2.24, 2.45) is 0 Å². The predicted molar refractivity (Wildman–Crippen MR) is 215 cm³/mol. The van der Waals surface area contributed by atoms with E-state index in [2.05, 4.69) is 74.0 Å². The molecule has 55 heavy (non-hydrogen) atoms. The van der Waals surface area contributed by atoms with Crippen LogP contribution in [0.25, 0.3) is 11.0 Å². The lowest BCUT2D eigenvalue weighted by molar-refractivity contribution is 0.0910. The number of benzene rings is 5. The standard InChI is InChI=1S/C46H34N4O4S/c1-45(2,3)31-15-19-33(20-16-31)49-41(51)35-23-9-27(25-37(35)43(49)53)7-11-29-13-14-30(40-39(29)47-55-48-40)12-8-28-10-24-36-38(26-28)44(54)50(42(36)52)34-21-17-32(18-22-34)46(4,5)6/h9-10,13-26H,1-6H3. The van der Waals surface area contributed by atoms with Gasteiger partial charge in [0.15, 0.2) is 0 Å². The number of aromatic nitrogens is 2. The fourth-order valence-corrected chi connectivity index (χ4v) is 7.25. The van der Waals surface area contributed by atoms with E-state index in [4.69, 9.17) is 0 Å². The number of amides is 4. The second-order valence-electron chi connectivity index (χ2n) is 15.6. The van der Waals surface area contributed by atoms with Crippen molar-refractivity contribution in [2.75, 3.05) is 9.80 Å². The Hall–Kier alpha value is -6.68. The molecule has 268 valence electrons. The quantitative estimate of drug-likeness (QED) is 0.130. The predicted octanol–water partition coefficient (Wildman–Crippen LogP) is 8.69. The zero-order valence-electron chi connectivity index (χ0n) is 31.1. The smallest absolute Gasteiger partial charge is 0.266 e. The molecule has 0 unspecified atom stereocenters. The van der Waals surface area contributed by atoms with Gasteiger partial charge in [-0.1, -0.05) is 89.5 Å². The van der Waals surface area contributed by atoms with Gasteiger partial charge in [-0.2, -0.15) is 8.75 Å². The van der Waals surface area contributed by atoms with Crippen LogP contribution < -0.4 is 9.80 Å². The van der Waals surface area contributed by atoms with Crippen LogP contribution in [0.3, 0.4) is 0 Å². The van der Waals surface area contributed by atoms with Crippen LogP contribution in [-0.4, -0.2) is 32.4 Å². The Bertz CT molecular complexity index is 2570. The van der Waals surface area contributed by atoms with E-state index in [1.165, 1.54) is 9.80 Å². The number of imide groups is 2. The molecule has 0 fully saturated rings. The van der Waals surface area contributed by atoms with Gasteiger partial charge in [0.05, 0.1) is 56.5 Å². The molecule has 0 spiro atoms. The summed E-state index contributed by atoms with van der Waals surface area (Å²) in [5.41, 5.74) is 8.05. The van der Waals surface area contributed by atoms with Crippen molar-refractivity contribution < 1.29 is 19.2 Å². The van der Waals surface area contributed by atoms with E-state index in [1.54, 1.807) is 60.7 Å². The number of nitrogens with zero attached hydrogens (tertiary/aromatic N) is 4. The Morgan fingerprint density at radius 2 is 0.818 bits per heavy atom. The molecule has 2 aliphatic rings. The molecule has 1 aromatic heterocycles. The molecular formula is C46H34N4O4S. The van der Waals surface area contributed by atoms with Gasteiger partial charge in [-0.05, 0) is 94.8 Å². The van der Waals surface area contributed by atoms with Gasteiger partial charge in [-0.15, -0.1) is 0 Å². The van der Waals surface area contributed by atoms with Crippen LogP contribution in [0.4, 0.5) is 11.4 Å². The second-order valence-corrected chi connectivity index (χ2v) is 16.2. The zero-order valence-corrected chi connectivity index (χ0v) is 31.9. The topological polar surface area (TPSA) is 101 Å². The molecule has 3 heterocycles. The summed E-state index contributed by atoms with van der Waals surface area (Å²) in [6.45, 7) is 12.7. The van der Waals surface area contributed by atoms with Gasteiger partial charge in [0.1, 0.15) is 11.0 Å². The molecule has 0 atom stereocenters. The maximum Gasteiger partial charge on any atom is 0.266 e. The van der Waals surface area contributed by atoms with Crippen molar-refractivity contribution in [3.8, 4) is 23.7 Å². The molecule has 0 saturated carbocycles. The highest BCUT2D eigenvalue weighted by molar-refractivity contribution is 7.00. The maximum absolute atomic E-state index is 13.4. The fraction of sp³-hybridized carbons (Fsp3) is 0.174. The second kappa shape index (κ2) is 13.0. The SMILES string of the molecule is CC(C)(C)c1ccc(N2C(=O)c3ccc(C#Cc4ccc(C#Cc5ccc6c(c5)C(=O)N(c5ccc(C(C)(C)C)cc5)C6=O)c5nsnc45)cc3C2=O)cc1. The number of anilines is 2. The number of carbonyl (C=O) groups is 4. The van der Waals surface area contributed by atoms with Crippen molar-refractivity contribution in [3.05, 3.63) is 153 Å². The Balaban J connectivity index is 1.02. The van der Waals surface area contributed by atoms with Gasteiger partial charge < -0.3 is 0 Å². The van der Waals surface area contributed by atoms with Crippen LogP contribution in [0.1, 0.15) is 116 Å². The molecular weight excluding hydrogens is 705 g/mol. The van der Waals surface area contributed by atoms with Crippen molar-refractivity contribution >= 4 is 57.8 Å². The van der Waals surface area contributed by atoms with Gasteiger partial charge in [-0.3, -0.25) is 19.2 Å². The third-order valence-corrected chi connectivity index (χ3v) is 10.4. The van der Waals surface area contributed by atoms with Crippen LogP contribution >= 0.6 is 11.7 Å². The molecule has 4 amide bonds. The van der Waals surface area contributed by atoms with Crippen LogP contribution in [0.15, 0.2) is 97.1 Å². The first kappa shape index (κ1) is 35.4. The summed E-state index contributed by atoms with van der Waals surface area (Å²) < 4.78 is 8.96. The van der Waals surface area contributed by atoms with E-state index in [9.17, 15) is 19.2 Å². The zero-order chi connectivity index (χ0) is 38.8. The number of carbonyl (C=O) groups excluding carboxylic acids is 4. The number of rotatable bonds is 2. The van der Waals surface area contributed by atoms with E-state index >= 15 is 0 Å². The van der Waals surface area contributed by atoms with Crippen LogP contribution in [0.2, 0.25) is 0 Å². The van der Waals surface area contributed by atoms with Crippen LogP contribution in [0, 0.1) is 23.7 Å². The van der Waals surface area contributed by atoms with E-state index in [0.717, 1.165) is 22.9 Å². The Morgan fingerprint density at radius 1 is 0.455 bits per heavy atom. The van der Waals surface area contributed by atoms with Crippen molar-refractivity contribution in [1.29, 1.82) is 0 Å². The molecule has 8 rings (SSSR count). The minimum atomic E-state index is -0.385. The third kappa shape index (κ3) is 6.29. The van der Waals surface area contributed by atoms with Gasteiger partial charge in [0, 0.05) is 11.1 Å². The largest absolute Gasteiger partial charge is 0.268 e. The van der Waals surface area contributed by atoms with E-state index in [1.807, 2.05) is 36.4 Å². The van der Waals surface area contributed by atoms with Crippen molar-refractivity contribution in [2.45, 2.75) is 52.4 Å². The molecule has 0 N–H and O–H groups in total.